The van der Waals surface area contributed by atoms with Crippen molar-refractivity contribution in [3.63, 3.8) is 0 Å². The zero-order valence-electron chi connectivity index (χ0n) is 11.5. The number of hydrogen-bond acceptors (Lipinski definition) is 3. The predicted molar refractivity (Wildman–Crippen MR) is 71.5 cm³/mol. The van der Waals surface area contributed by atoms with Gasteiger partial charge < -0.3 is 15.4 Å². The molecule has 1 aliphatic heterocycles. The number of rotatable bonds is 6. The molecule has 1 heterocycles. The van der Waals surface area contributed by atoms with Crippen LogP contribution in [0.25, 0.3) is 0 Å². The van der Waals surface area contributed by atoms with Crippen LogP contribution in [0, 0.1) is 0 Å². The van der Waals surface area contributed by atoms with E-state index in [4.69, 9.17) is 4.74 Å². The van der Waals surface area contributed by atoms with Crippen LogP contribution >= 0.6 is 0 Å². The average Bonchev–Trinajstić information content (AvgIpc) is 2.33. The van der Waals surface area contributed by atoms with Gasteiger partial charge in [0.05, 0.1) is 6.61 Å². The van der Waals surface area contributed by atoms with Crippen LogP contribution in [0.4, 0.5) is 0 Å². The lowest BCUT2D eigenvalue weighted by molar-refractivity contribution is -0.123. The van der Waals surface area contributed by atoms with Crippen molar-refractivity contribution >= 4 is 5.91 Å². The molecule has 18 heavy (non-hydrogen) atoms. The van der Waals surface area contributed by atoms with Crippen molar-refractivity contribution in [2.24, 2.45) is 0 Å². The molecule has 0 bridgehead atoms. The number of hydrogen-bond donors (Lipinski definition) is 2. The Morgan fingerprint density at radius 1 is 1.44 bits per heavy atom. The molecule has 1 aliphatic carbocycles. The van der Waals surface area contributed by atoms with Gasteiger partial charge in [0.2, 0.25) is 5.91 Å². The maximum Gasteiger partial charge on any atom is 0.222 e. The molecule has 2 N–H and O–H groups in total. The van der Waals surface area contributed by atoms with Crippen LogP contribution in [-0.2, 0) is 9.53 Å². The monoisotopic (exact) mass is 254 g/mol. The summed E-state index contributed by atoms with van der Waals surface area (Å²) in [5.41, 5.74) is 0.356. The molecule has 0 aromatic heterocycles. The first-order valence-electron chi connectivity index (χ1n) is 7.36. The Bertz CT molecular complexity index is 277. The molecular formula is C14H26N2O2. The first kappa shape index (κ1) is 13.8. The quantitative estimate of drug-likeness (QED) is 0.708. The van der Waals surface area contributed by atoms with Gasteiger partial charge >= 0.3 is 0 Å². The van der Waals surface area contributed by atoms with Crippen LogP contribution < -0.4 is 10.6 Å². The van der Waals surface area contributed by atoms with E-state index in [9.17, 15) is 4.79 Å². The summed E-state index contributed by atoms with van der Waals surface area (Å²) in [7, 11) is 0. The number of nitrogens with one attached hydrogen (secondary N) is 2. The fourth-order valence-electron chi connectivity index (χ4n) is 2.98. The third kappa shape index (κ3) is 3.69. The number of carbonyl (C=O) groups is 1. The molecular weight excluding hydrogens is 228 g/mol. The van der Waals surface area contributed by atoms with E-state index in [-0.39, 0.29) is 5.91 Å². The van der Waals surface area contributed by atoms with Gasteiger partial charge in [-0.25, -0.2) is 0 Å². The molecule has 2 rings (SSSR count). The second kappa shape index (κ2) is 6.53. The Balaban J connectivity index is 1.64. The second-order valence-corrected chi connectivity index (χ2v) is 5.68. The molecule has 2 fully saturated rings. The molecule has 1 saturated carbocycles. The SMILES string of the molecule is CCCOCCC(=O)NC1CCNC2(CCC2)C1. The lowest BCUT2D eigenvalue weighted by Gasteiger charge is -2.48. The summed E-state index contributed by atoms with van der Waals surface area (Å²) in [4.78, 5) is 11.8. The zero-order chi connectivity index (χ0) is 12.8. The summed E-state index contributed by atoms with van der Waals surface area (Å²) >= 11 is 0. The van der Waals surface area contributed by atoms with E-state index in [1.54, 1.807) is 0 Å². The zero-order valence-corrected chi connectivity index (χ0v) is 11.5. The fraction of sp³-hybridized carbons (Fsp3) is 0.929. The van der Waals surface area contributed by atoms with E-state index in [0.717, 1.165) is 32.4 Å². The van der Waals surface area contributed by atoms with Gasteiger partial charge in [-0.05, 0) is 45.1 Å². The summed E-state index contributed by atoms with van der Waals surface area (Å²) in [5.74, 6) is 0.146. The molecule has 1 saturated heterocycles. The van der Waals surface area contributed by atoms with Gasteiger partial charge in [-0.3, -0.25) is 4.79 Å². The number of ether oxygens (including phenoxy) is 1. The predicted octanol–water partition coefficient (Wildman–Crippen LogP) is 1.59. The highest BCUT2D eigenvalue weighted by Gasteiger charge is 2.41. The summed E-state index contributed by atoms with van der Waals surface area (Å²) < 4.78 is 5.34. The van der Waals surface area contributed by atoms with Crippen molar-refractivity contribution in [1.82, 2.24) is 10.6 Å². The van der Waals surface area contributed by atoms with E-state index in [2.05, 4.69) is 17.6 Å². The average molecular weight is 254 g/mol. The summed E-state index contributed by atoms with van der Waals surface area (Å²) in [6, 6.07) is 0.366. The van der Waals surface area contributed by atoms with Crippen LogP contribution in [0.1, 0.15) is 51.9 Å². The Labute approximate surface area is 110 Å². The van der Waals surface area contributed by atoms with E-state index >= 15 is 0 Å². The van der Waals surface area contributed by atoms with Gasteiger partial charge in [0, 0.05) is 24.6 Å². The van der Waals surface area contributed by atoms with E-state index < -0.39 is 0 Å². The fourth-order valence-corrected chi connectivity index (χ4v) is 2.98. The van der Waals surface area contributed by atoms with Crippen molar-refractivity contribution < 1.29 is 9.53 Å². The second-order valence-electron chi connectivity index (χ2n) is 5.68. The van der Waals surface area contributed by atoms with Crippen molar-refractivity contribution in [2.45, 2.75) is 63.5 Å². The molecule has 104 valence electrons. The Morgan fingerprint density at radius 2 is 2.28 bits per heavy atom. The molecule has 1 spiro atoms. The van der Waals surface area contributed by atoms with E-state index in [1.165, 1.54) is 19.3 Å². The molecule has 1 amide bonds. The first-order chi connectivity index (χ1) is 8.74. The van der Waals surface area contributed by atoms with Gasteiger partial charge in [0.15, 0.2) is 0 Å². The third-order valence-corrected chi connectivity index (χ3v) is 4.13. The minimum absolute atomic E-state index is 0.146. The molecule has 0 radical (unpaired) electrons. The molecule has 4 nitrogen and oxygen atoms in total. The highest BCUT2D eigenvalue weighted by Crippen LogP contribution is 2.38. The van der Waals surface area contributed by atoms with Crippen LogP contribution in [0.3, 0.4) is 0 Å². The van der Waals surface area contributed by atoms with Crippen LogP contribution in [-0.4, -0.2) is 37.2 Å². The largest absolute Gasteiger partial charge is 0.381 e. The van der Waals surface area contributed by atoms with E-state index in [0.29, 0.717) is 24.6 Å². The minimum Gasteiger partial charge on any atom is -0.381 e. The number of amides is 1. The van der Waals surface area contributed by atoms with Gasteiger partial charge in [-0.1, -0.05) is 6.92 Å². The Hall–Kier alpha value is -0.610. The lowest BCUT2D eigenvalue weighted by atomic mass is 9.70. The smallest absolute Gasteiger partial charge is 0.222 e. The number of piperidine rings is 1. The van der Waals surface area contributed by atoms with Crippen molar-refractivity contribution in [3.05, 3.63) is 0 Å². The summed E-state index contributed by atoms with van der Waals surface area (Å²) in [6.07, 6.45) is 7.56. The molecule has 0 aromatic rings. The van der Waals surface area contributed by atoms with E-state index in [1.807, 2.05) is 0 Å². The number of carbonyl (C=O) groups excluding carboxylic acids is 1. The van der Waals surface area contributed by atoms with Gasteiger partial charge in [0.1, 0.15) is 0 Å². The normalized spacial score (nSPS) is 25.7. The Kier molecular flexibility index (Phi) is 5.01. The summed E-state index contributed by atoms with van der Waals surface area (Å²) in [6.45, 7) is 4.42. The van der Waals surface area contributed by atoms with Crippen molar-refractivity contribution in [1.29, 1.82) is 0 Å². The standard InChI is InChI=1S/C14H26N2O2/c1-2-9-18-10-5-13(17)16-12-4-8-15-14(11-12)6-3-7-14/h12,15H,2-11H2,1H3,(H,16,17). The van der Waals surface area contributed by atoms with Gasteiger partial charge in [-0.2, -0.15) is 0 Å². The maximum absolute atomic E-state index is 11.8. The van der Waals surface area contributed by atoms with Gasteiger partial charge in [0.25, 0.3) is 0 Å². The van der Waals surface area contributed by atoms with Crippen LogP contribution in [0.15, 0.2) is 0 Å². The molecule has 1 atom stereocenters. The molecule has 1 unspecified atom stereocenters. The van der Waals surface area contributed by atoms with Gasteiger partial charge in [-0.15, -0.1) is 0 Å². The van der Waals surface area contributed by atoms with Crippen LogP contribution in [0.5, 0.6) is 0 Å². The third-order valence-electron chi connectivity index (χ3n) is 4.13. The minimum atomic E-state index is 0.146. The van der Waals surface area contributed by atoms with Crippen LogP contribution in [0.2, 0.25) is 0 Å². The highest BCUT2D eigenvalue weighted by atomic mass is 16.5. The molecule has 4 heteroatoms. The van der Waals surface area contributed by atoms with Crippen molar-refractivity contribution in [3.8, 4) is 0 Å². The lowest BCUT2D eigenvalue weighted by Crippen LogP contribution is -2.59. The van der Waals surface area contributed by atoms with Crippen molar-refractivity contribution in [2.75, 3.05) is 19.8 Å². The highest BCUT2D eigenvalue weighted by molar-refractivity contribution is 5.76. The topological polar surface area (TPSA) is 50.4 Å². The summed E-state index contributed by atoms with van der Waals surface area (Å²) in [5, 5.41) is 6.78. The molecule has 2 aliphatic rings. The molecule has 0 aromatic carbocycles. The first-order valence-corrected chi connectivity index (χ1v) is 7.36. The maximum atomic E-state index is 11.8. The Morgan fingerprint density at radius 3 is 2.94 bits per heavy atom.